The predicted molar refractivity (Wildman–Crippen MR) is 153 cm³/mol. The first-order valence-corrected chi connectivity index (χ1v) is 14.7. The Bertz CT molecular complexity index is 1820. The number of rotatable bonds is 3. The summed E-state index contributed by atoms with van der Waals surface area (Å²) in [5.41, 5.74) is -2.93. The van der Waals surface area contributed by atoms with Crippen molar-refractivity contribution in [2.75, 3.05) is 12.0 Å². The second-order valence-electron chi connectivity index (χ2n) is 11.6. The number of benzene rings is 2. The van der Waals surface area contributed by atoms with E-state index in [0.717, 1.165) is 6.08 Å². The minimum Gasteiger partial charge on any atom is -0.503 e. The molecule has 0 spiro atoms. The van der Waals surface area contributed by atoms with Gasteiger partial charge in [0.25, 0.3) is 0 Å². The Morgan fingerprint density at radius 2 is 1.54 bits per heavy atom. The van der Waals surface area contributed by atoms with Crippen molar-refractivity contribution in [3.8, 4) is 11.5 Å². The molecule has 1 N–H and O–H groups in total. The summed E-state index contributed by atoms with van der Waals surface area (Å²) in [6.45, 7) is 1.48. The zero-order chi connectivity index (χ0) is 33.6. The van der Waals surface area contributed by atoms with Gasteiger partial charge in [-0.2, -0.15) is 26.3 Å². The highest BCUT2D eigenvalue weighted by Crippen LogP contribution is 2.56. The van der Waals surface area contributed by atoms with Crippen LogP contribution in [0.5, 0.6) is 11.5 Å². The van der Waals surface area contributed by atoms with Crippen LogP contribution in [0.25, 0.3) is 0 Å². The van der Waals surface area contributed by atoms with E-state index in [-0.39, 0.29) is 51.6 Å². The Labute approximate surface area is 265 Å². The average Bonchev–Trinajstić information content (AvgIpc) is 3.24. The number of aromatic hydroxyl groups is 1. The second-order valence-corrected chi connectivity index (χ2v) is 12.4. The van der Waals surface area contributed by atoms with E-state index in [0.29, 0.717) is 28.2 Å². The highest BCUT2D eigenvalue weighted by atomic mass is 79.9. The molecule has 3 aliphatic carbocycles. The number of methoxy groups -OCH3 is 1. The number of allylic oxidation sites excluding steroid dienone is 6. The Morgan fingerprint density at radius 1 is 0.913 bits per heavy atom. The van der Waals surface area contributed by atoms with Crippen LogP contribution in [0.2, 0.25) is 0 Å². The van der Waals surface area contributed by atoms with E-state index in [9.17, 15) is 50.6 Å². The smallest absolute Gasteiger partial charge is 0.416 e. The van der Waals surface area contributed by atoms with E-state index in [2.05, 4.69) is 15.9 Å². The first-order valence-electron chi connectivity index (χ1n) is 13.9. The normalized spacial score (nSPS) is 24.8. The van der Waals surface area contributed by atoms with E-state index in [1.807, 2.05) is 0 Å². The van der Waals surface area contributed by atoms with Crippen molar-refractivity contribution in [2.45, 2.75) is 38.0 Å². The lowest BCUT2D eigenvalue weighted by Gasteiger charge is -2.42. The van der Waals surface area contributed by atoms with Crippen LogP contribution in [0.4, 0.5) is 32.0 Å². The summed E-state index contributed by atoms with van der Waals surface area (Å²) in [6, 6.07) is 3.55. The molecule has 46 heavy (non-hydrogen) atoms. The lowest BCUT2D eigenvalue weighted by molar-refractivity contribution is -0.143. The van der Waals surface area contributed by atoms with Gasteiger partial charge in [-0.25, -0.2) is 4.90 Å². The van der Waals surface area contributed by atoms with Crippen molar-refractivity contribution in [3.63, 3.8) is 0 Å². The fraction of sp³-hybridized carbons (Fsp3) is 0.312. The van der Waals surface area contributed by atoms with Crippen LogP contribution in [0.15, 0.2) is 69.2 Å². The van der Waals surface area contributed by atoms with Crippen molar-refractivity contribution < 1.29 is 55.4 Å². The topological polar surface area (TPSA) is 101 Å². The Kier molecular flexibility index (Phi) is 7.37. The molecule has 1 heterocycles. The van der Waals surface area contributed by atoms with Gasteiger partial charge in [0.2, 0.25) is 11.8 Å². The number of anilines is 1. The number of Topliss-reactive ketones (excluding diaryl/α,β-unsaturated/α-hetero) is 1. The standard InChI is InChI=1S/C32H22BrF6NO6/c1-12-5-22(41)20-11-19-17(24(26(20)27(12)42)13-6-21(33)28(43)23(7-13)46-2)3-4-18-25(19)30(45)40(29(18)44)16-9-14(31(34,35)36)8-15(10-16)32(37,38)39/h3,5-10,18-19,24-25,43H,4,11H2,1-2H3. The molecule has 7 nitrogen and oxygen atoms in total. The molecule has 4 unspecified atom stereocenters. The van der Waals surface area contributed by atoms with Gasteiger partial charge in [-0.3, -0.25) is 19.2 Å². The van der Waals surface area contributed by atoms with Crippen molar-refractivity contribution >= 4 is 45.0 Å². The third-order valence-electron chi connectivity index (χ3n) is 9.00. The van der Waals surface area contributed by atoms with Gasteiger partial charge in [-0.15, -0.1) is 0 Å². The molecule has 2 aromatic carbocycles. The van der Waals surface area contributed by atoms with Crippen LogP contribution in [0.3, 0.4) is 0 Å². The SMILES string of the molecule is COc1cc(C2C3=CCC4C(=O)N(c5cc(C(F)(F)F)cc(C(F)(F)F)c5)C(=O)C4C3CC3=C2C(=O)C(C)=CC3=O)cc(Br)c1O. The lowest BCUT2D eigenvalue weighted by atomic mass is 9.59. The monoisotopic (exact) mass is 709 g/mol. The number of hydrogen-bond donors (Lipinski definition) is 1. The summed E-state index contributed by atoms with van der Waals surface area (Å²) in [5.74, 6) is -7.33. The molecule has 0 radical (unpaired) electrons. The molecule has 6 rings (SSSR count). The number of imide groups is 1. The minimum absolute atomic E-state index is 0.0353. The number of fused-ring (bicyclic) bond motifs is 3. The van der Waals surface area contributed by atoms with Crippen molar-refractivity contribution in [2.24, 2.45) is 17.8 Å². The zero-order valence-corrected chi connectivity index (χ0v) is 25.4. The van der Waals surface area contributed by atoms with E-state index in [1.165, 1.54) is 26.2 Å². The van der Waals surface area contributed by atoms with Gasteiger partial charge in [-0.05, 0) is 83.6 Å². The first kappa shape index (κ1) is 31.8. The molecular formula is C32H22BrF6NO6. The minimum atomic E-state index is -5.21. The molecule has 0 bridgehead atoms. The van der Waals surface area contributed by atoms with E-state index in [1.54, 1.807) is 6.08 Å². The Morgan fingerprint density at radius 3 is 2.13 bits per heavy atom. The average molecular weight is 710 g/mol. The Hall–Kier alpha value is -4.20. The van der Waals surface area contributed by atoms with Crippen molar-refractivity contribution in [1.29, 1.82) is 0 Å². The van der Waals surface area contributed by atoms with Gasteiger partial charge < -0.3 is 9.84 Å². The quantitative estimate of drug-likeness (QED) is 0.162. The number of phenolic OH excluding ortho intramolecular Hbond substituents is 1. The molecule has 0 aromatic heterocycles. The maximum Gasteiger partial charge on any atom is 0.416 e. The number of halogens is 7. The van der Waals surface area contributed by atoms with Gasteiger partial charge in [0.05, 0.1) is 40.2 Å². The number of ketones is 2. The first-order chi connectivity index (χ1) is 21.4. The fourth-order valence-electron chi connectivity index (χ4n) is 6.98. The van der Waals surface area contributed by atoms with Crippen molar-refractivity contribution in [1.82, 2.24) is 0 Å². The predicted octanol–water partition coefficient (Wildman–Crippen LogP) is 6.84. The van der Waals surface area contributed by atoms with E-state index < -0.39 is 76.2 Å². The molecule has 14 heteroatoms. The molecule has 4 aliphatic rings. The molecule has 2 aromatic rings. The second kappa shape index (κ2) is 10.7. The van der Waals surface area contributed by atoms with E-state index in [4.69, 9.17) is 4.74 Å². The molecule has 1 saturated heterocycles. The summed E-state index contributed by atoms with van der Waals surface area (Å²) < 4.78 is 87.3. The summed E-state index contributed by atoms with van der Waals surface area (Å²) in [4.78, 5) is 54.9. The number of phenols is 1. The number of nitrogens with zero attached hydrogens (tertiary/aromatic N) is 1. The zero-order valence-electron chi connectivity index (χ0n) is 23.8. The number of ether oxygens (including phenoxy) is 1. The molecule has 4 atom stereocenters. The molecule has 0 saturated carbocycles. The number of amides is 2. The van der Waals surface area contributed by atoms with Gasteiger partial charge in [0, 0.05) is 22.6 Å². The largest absolute Gasteiger partial charge is 0.503 e. The van der Waals surface area contributed by atoms with E-state index >= 15 is 0 Å². The number of carbonyl (C=O) groups is 4. The highest BCUT2D eigenvalue weighted by Gasteiger charge is 2.57. The lowest BCUT2D eigenvalue weighted by Crippen LogP contribution is -2.39. The number of alkyl halides is 6. The molecule has 240 valence electrons. The Balaban J connectivity index is 1.49. The van der Waals surface area contributed by atoms with Crippen LogP contribution in [-0.4, -0.2) is 35.6 Å². The van der Waals surface area contributed by atoms with Crippen LogP contribution >= 0.6 is 15.9 Å². The summed E-state index contributed by atoms with van der Waals surface area (Å²) in [7, 11) is 1.31. The number of carbonyl (C=O) groups excluding carboxylic acids is 4. The molecule has 1 fully saturated rings. The maximum atomic E-state index is 14.0. The molecular weight excluding hydrogens is 688 g/mol. The fourth-order valence-corrected chi connectivity index (χ4v) is 7.44. The van der Waals surface area contributed by atoms with Gasteiger partial charge in [0.15, 0.2) is 23.1 Å². The highest BCUT2D eigenvalue weighted by molar-refractivity contribution is 9.10. The summed E-state index contributed by atoms with van der Waals surface area (Å²) in [5, 5.41) is 10.4. The third kappa shape index (κ3) is 4.88. The van der Waals surface area contributed by atoms with Gasteiger partial charge in [-0.1, -0.05) is 11.6 Å². The number of hydrogen-bond acceptors (Lipinski definition) is 6. The van der Waals surface area contributed by atoms with Crippen molar-refractivity contribution in [3.05, 3.63) is 85.9 Å². The maximum absolute atomic E-state index is 14.0. The van der Waals surface area contributed by atoms with Crippen LogP contribution < -0.4 is 9.64 Å². The van der Waals surface area contributed by atoms with Crippen LogP contribution in [0.1, 0.15) is 42.4 Å². The van der Waals surface area contributed by atoms with Gasteiger partial charge in [0.1, 0.15) is 0 Å². The van der Waals surface area contributed by atoms with Gasteiger partial charge >= 0.3 is 12.4 Å². The molecule has 1 aliphatic heterocycles. The van der Waals surface area contributed by atoms with Crippen LogP contribution in [-0.2, 0) is 31.5 Å². The molecule has 2 amide bonds. The summed E-state index contributed by atoms with van der Waals surface area (Å²) in [6.07, 6.45) is -7.87. The third-order valence-corrected chi connectivity index (χ3v) is 9.60. The summed E-state index contributed by atoms with van der Waals surface area (Å²) >= 11 is 3.26. The van der Waals surface area contributed by atoms with Crippen LogP contribution in [0, 0.1) is 17.8 Å².